The topological polar surface area (TPSA) is 49.8 Å². The number of nitrogens with zero attached hydrogens (tertiary/aromatic N) is 2. The van der Waals surface area contributed by atoms with Crippen LogP contribution in [0.25, 0.3) is 0 Å². The molecule has 21 heavy (non-hydrogen) atoms. The zero-order valence-electron chi connectivity index (χ0n) is 13.2. The third-order valence-corrected chi connectivity index (χ3v) is 4.29. The lowest BCUT2D eigenvalue weighted by molar-refractivity contribution is 0.681. The van der Waals surface area contributed by atoms with Gasteiger partial charge in [-0.15, -0.1) is 11.3 Å². The number of nitrogens with one attached hydrogen (secondary N) is 2. The monoisotopic (exact) mass is 304 g/mol. The van der Waals surface area contributed by atoms with E-state index in [0.29, 0.717) is 12.0 Å². The van der Waals surface area contributed by atoms with Crippen LogP contribution in [-0.4, -0.2) is 17.0 Å². The lowest BCUT2D eigenvalue weighted by Gasteiger charge is -2.19. The van der Waals surface area contributed by atoms with Crippen LogP contribution >= 0.6 is 11.3 Å². The van der Waals surface area contributed by atoms with Crippen molar-refractivity contribution >= 4 is 23.0 Å². The first-order chi connectivity index (χ1) is 10.1. The lowest BCUT2D eigenvalue weighted by Crippen LogP contribution is -2.12. The summed E-state index contributed by atoms with van der Waals surface area (Å²) in [6.45, 7) is 6.43. The highest BCUT2D eigenvalue weighted by Crippen LogP contribution is 2.28. The Bertz CT molecular complexity index is 551. The van der Waals surface area contributed by atoms with Gasteiger partial charge in [0.2, 0.25) is 0 Å². The van der Waals surface area contributed by atoms with Gasteiger partial charge in [0.05, 0.1) is 6.04 Å². The van der Waals surface area contributed by atoms with Crippen molar-refractivity contribution in [3.05, 3.63) is 34.3 Å². The number of anilines is 2. The highest BCUT2D eigenvalue weighted by molar-refractivity contribution is 7.10. The Balaban J connectivity index is 2.25. The molecule has 2 rings (SSSR count). The molecule has 1 unspecified atom stereocenters. The molecule has 2 aromatic heterocycles. The molecule has 0 aliphatic heterocycles. The Labute approximate surface area is 131 Å². The average Bonchev–Trinajstić information content (AvgIpc) is 3.00. The second-order valence-electron chi connectivity index (χ2n) is 5.40. The molecule has 0 aliphatic carbocycles. The van der Waals surface area contributed by atoms with E-state index in [2.05, 4.69) is 58.9 Å². The molecule has 2 N–H and O–H groups in total. The van der Waals surface area contributed by atoms with Gasteiger partial charge in [-0.1, -0.05) is 33.3 Å². The average molecular weight is 304 g/mol. The molecular formula is C16H24N4S. The molecule has 0 bridgehead atoms. The van der Waals surface area contributed by atoms with Crippen molar-refractivity contribution in [1.29, 1.82) is 0 Å². The Morgan fingerprint density at radius 2 is 2.00 bits per heavy atom. The van der Waals surface area contributed by atoms with Gasteiger partial charge >= 0.3 is 0 Å². The van der Waals surface area contributed by atoms with Gasteiger partial charge < -0.3 is 10.6 Å². The third kappa shape index (κ3) is 4.17. The highest BCUT2D eigenvalue weighted by atomic mass is 32.1. The van der Waals surface area contributed by atoms with Crippen LogP contribution in [0, 0.1) is 0 Å². The highest BCUT2D eigenvalue weighted by Gasteiger charge is 2.14. The van der Waals surface area contributed by atoms with Crippen LogP contribution in [0.3, 0.4) is 0 Å². The molecule has 2 heterocycles. The minimum Gasteiger partial charge on any atom is -0.373 e. The standard InChI is InChI=1S/C16H24N4S/c1-5-7-12(13-8-6-9-21-13)18-15-10-14(17-4)19-16(20-15)11(2)3/h6,8-12H,5,7H2,1-4H3,(H2,17,18,19,20). The summed E-state index contributed by atoms with van der Waals surface area (Å²) in [6, 6.07) is 6.57. The molecule has 5 heteroatoms. The minimum atomic E-state index is 0.310. The van der Waals surface area contributed by atoms with Crippen molar-refractivity contribution in [2.45, 2.75) is 45.6 Å². The molecule has 0 amide bonds. The molecule has 0 radical (unpaired) electrons. The van der Waals surface area contributed by atoms with Gasteiger partial charge in [-0.2, -0.15) is 0 Å². The second kappa shape index (κ2) is 7.41. The molecule has 2 aromatic rings. The number of aromatic nitrogens is 2. The first-order valence-corrected chi connectivity index (χ1v) is 8.38. The van der Waals surface area contributed by atoms with Crippen LogP contribution in [0.5, 0.6) is 0 Å². The maximum absolute atomic E-state index is 4.66. The normalized spacial score (nSPS) is 12.4. The number of rotatable bonds is 7. The van der Waals surface area contributed by atoms with E-state index in [4.69, 9.17) is 0 Å². The Kier molecular flexibility index (Phi) is 5.56. The van der Waals surface area contributed by atoms with Crippen LogP contribution in [0.1, 0.15) is 56.3 Å². The van der Waals surface area contributed by atoms with Crippen LogP contribution in [0.15, 0.2) is 23.6 Å². The summed E-state index contributed by atoms with van der Waals surface area (Å²) in [7, 11) is 1.89. The van der Waals surface area contributed by atoms with Crippen LogP contribution in [0.4, 0.5) is 11.6 Å². The summed E-state index contributed by atoms with van der Waals surface area (Å²) in [6.07, 6.45) is 2.23. The summed E-state index contributed by atoms with van der Waals surface area (Å²) in [5, 5.41) is 8.81. The second-order valence-corrected chi connectivity index (χ2v) is 6.38. The molecule has 0 saturated carbocycles. The Hall–Kier alpha value is -1.62. The van der Waals surface area contributed by atoms with Crippen LogP contribution in [-0.2, 0) is 0 Å². The summed E-state index contributed by atoms with van der Waals surface area (Å²) in [5.41, 5.74) is 0. The maximum atomic E-state index is 4.66. The largest absolute Gasteiger partial charge is 0.373 e. The molecule has 1 atom stereocenters. The van der Waals surface area contributed by atoms with Gasteiger partial charge in [0.25, 0.3) is 0 Å². The van der Waals surface area contributed by atoms with Gasteiger partial charge in [-0.05, 0) is 17.9 Å². The van der Waals surface area contributed by atoms with Gasteiger partial charge in [-0.25, -0.2) is 9.97 Å². The van der Waals surface area contributed by atoms with E-state index in [1.807, 2.05) is 13.1 Å². The van der Waals surface area contributed by atoms with Crippen molar-refractivity contribution in [3.63, 3.8) is 0 Å². The summed E-state index contributed by atoms with van der Waals surface area (Å²) in [4.78, 5) is 10.5. The van der Waals surface area contributed by atoms with E-state index in [0.717, 1.165) is 30.3 Å². The predicted octanol–water partition coefficient (Wildman–Crippen LogP) is 4.66. The maximum Gasteiger partial charge on any atom is 0.135 e. The smallest absolute Gasteiger partial charge is 0.135 e. The van der Waals surface area contributed by atoms with Crippen LogP contribution in [0.2, 0.25) is 0 Å². The zero-order valence-corrected chi connectivity index (χ0v) is 14.0. The molecule has 114 valence electrons. The molecule has 0 aliphatic rings. The van der Waals surface area contributed by atoms with Crippen molar-refractivity contribution in [2.24, 2.45) is 0 Å². The Morgan fingerprint density at radius 3 is 2.57 bits per heavy atom. The predicted molar refractivity (Wildman–Crippen MR) is 91.3 cm³/mol. The van der Waals surface area contributed by atoms with E-state index >= 15 is 0 Å². The number of hydrogen-bond acceptors (Lipinski definition) is 5. The fourth-order valence-electron chi connectivity index (χ4n) is 2.17. The summed E-state index contributed by atoms with van der Waals surface area (Å²) in [5.74, 6) is 2.93. The number of thiophene rings is 1. The van der Waals surface area contributed by atoms with E-state index in [1.165, 1.54) is 4.88 Å². The van der Waals surface area contributed by atoms with Crippen molar-refractivity contribution in [1.82, 2.24) is 9.97 Å². The van der Waals surface area contributed by atoms with Crippen LogP contribution < -0.4 is 10.6 Å². The van der Waals surface area contributed by atoms with E-state index in [-0.39, 0.29) is 0 Å². The fourth-order valence-corrected chi connectivity index (χ4v) is 2.98. The third-order valence-electron chi connectivity index (χ3n) is 3.30. The molecule has 0 fully saturated rings. The van der Waals surface area contributed by atoms with Gasteiger partial charge in [0.1, 0.15) is 17.5 Å². The lowest BCUT2D eigenvalue weighted by atomic mass is 10.1. The molecular weight excluding hydrogens is 280 g/mol. The van der Waals surface area contributed by atoms with Gasteiger partial charge in [0, 0.05) is 23.9 Å². The van der Waals surface area contributed by atoms with E-state index < -0.39 is 0 Å². The first kappa shape index (κ1) is 15.8. The van der Waals surface area contributed by atoms with Crippen molar-refractivity contribution in [3.8, 4) is 0 Å². The number of hydrogen-bond donors (Lipinski definition) is 2. The van der Waals surface area contributed by atoms with E-state index in [1.54, 1.807) is 11.3 Å². The first-order valence-electron chi connectivity index (χ1n) is 7.50. The SMILES string of the molecule is CCCC(Nc1cc(NC)nc(C(C)C)n1)c1cccs1. The Morgan fingerprint density at radius 1 is 1.24 bits per heavy atom. The molecule has 0 spiro atoms. The van der Waals surface area contributed by atoms with Crippen molar-refractivity contribution in [2.75, 3.05) is 17.7 Å². The van der Waals surface area contributed by atoms with E-state index in [9.17, 15) is 0 Å². The minimum absolute atomic E-state index is 0.310. The fraction of sp³-hybridized carbons (Fsp3) is 0.500. The van der Waals surface area contributed by atoms with Crippen molar-refractivity contribution < 1.29 is 0 Å². The summed E-state index contributed by atoms with van der Waals surface area (Å²) < 4.78 is 0. The quantitative estimate of drug-likeness (QED) is 0.781. The molecule has 0 aromatic carbocycles. The van der Waals surface area contributed by atoms with Gasteiger partial charge in [-0.3, -0.25) is 0 Å². The zero-order chi connectivity index (χ0) is 15.2. The molecule has 4 nitrogen and oxygen atoms in total. The summed E-state index contributed by atoms with van der Waals surface area (Å²) >= 11 is 1.79. The molecule has 0 saturated heterocycles. The van der Waals surface area contributed by atoms with Gasteiger partial charge in [0.15, 0.2) is 0 Å².